The molecule has 0 unspecified atom stereocenters. The normalized spacial score (nSPS) is 14.8. The van der Waals surface area contributed by atoms with Crippen molar-refractivity contribution in [3.8, 4) is 0 Å². The van der Waals surface area contributed by atoms with Crippen molar-refractivity contribution in [2.75, 3.05) is 40.3 Å². The van der Waals surface area contributed by atoms with Crippen LogP contribution in [0.15, 0.2) is 6.20 Å². The Morgan fingerprint density at radius 1 is 1.45 bits per heavy atom. The van der Waals surface area contributed by atoms with E-state index in [0.717, 1.165) is 13.1 Å². The molecule has 1 fully saturated rings. The van der Waals surface area contributed by atoms with Gasteiger partial charge < -0.3 is 15.1 Å². The molecule has 0 bridgehead atoms. The van der Waals surface area contributed by atoms with Gasteiger partial charge in [0.05, 0.1) is 12.2 Å². The SMILES string of the molecule is CCN(CC(=O)N(C)C)C(=O)c1cn(C2CNC2)nn1. The van der Waals surface area contributed by atoms with Crippen LogP contribution in [0.5, 0.6) is 0 Å². The van der Waals surface area contributed by atoms with Gasteiger partial charge in [-0.25, -0.2) is 4.68 Å². The molecule has 1 aliphatic heterocycles. The number of likely N-dealkylation sites (N-methyl/N-ethyl adjacent to an activating group) is 2. The van der Waals surface area contributed by atoms with E-state index >= 15 is 0 Å². The molecule has 110 valence electrons. The van der Waals surface area contributed by atoms with Crippen LogP contribution in [0.3, 0.4) is 0 Å². The molecule has 0 aliphatic carbocycles. The summed E-state index contributed by atoms with van der Waals surface area (Å²) < 4.78 is 1.70. The smallest absolute Gasteiger partial charge is 0.276 e. The first-order valence-electron chi connectivity index (χ1n) is 6.65. The molecule has 8 heteroatoms. The first-order chi connectivity index (χ1) is 9.52. The fourth-order valence-electron chi connectivity index (χ4n) is 1.81. The zero-order valence-corrected chi connectivity index (χ0v) is 12.0. The molecule has 1 aromatic heterocycles. The highest BCUT2D eigenvalue weighted by Gasteiger charge is 2.24. The molecule has 0 aromatic carbocycles. The van der Waals surface area contributed by atoms with E-state index in [1.807, 2.05) is 6.92 Å². The van der Waals surface area contributed by atoms with Gasteiger partial charge in [-0.1, -0.05) is 5.21 Å². The summed E-state index contributed by atoms with van der Waals surface area (Å²) in [6.45, 7) is 4.03. The van der Waals surface area contributed by atoms with Crippen LogP contribution in [0.2, 0.25) is 0 Å². The number of aromatic nitrogens is 3. The van der Waals surface area contributed by atoms with Crippen LogP contribution in [0.25, 0.3) is 0 Å². The van der Waals surface area contributed by atoms with E-state index in [-0.39, 0.29) is 30.1 Å². The molecule has 0 saturated carbocycles. The predicted octanol–water partition coefficient (Wildman–Crippen LogP) is -1.03. The maximum atomic E-state index is 12.3. The lowest BCUT2D eigenvalue weighted by Gasteiger charge is -2.26. The number of hydrogen-bond donors (Lipinski definition) is 1. The van der Waals surface area contributed by atoms with Crippen LogP contribution >= 0.6 is 0 Å². The summed E-state index contributed by atoms with van der Waals surface area (Å²) in [6, 6.07) is 0.266. The van der Waals surface area contributed by atoms with E-state index in [9.17, 15) is 9.59 Å². The van der Waals surface area contributed by atoms with Crippen molar-refractivity contribution in [2.45, 2.75) is 13.0 Å². The molecule has 2 amide bonds. The first kappa shape index (κ1) is 14.4. The second kappa shape index (κ2) is 6.00. The van der Waals surface area contributed by atoms with Crippen molar-refractivity contribution in [2.24, 2.45) is 0 Å². The van der Waals surface area contributed by atoms with Crippen molar-refractivity contribution < 1.29 is 9.59 Å². The van der Waals surface area contributed by atoms with Crippen molar-refractivity contribution >= 4 is 11.8 Å². The largest absolute Gasteiger partial charge is 0.347 e. The number of rotatable bonds is 5. The highest BCUT2D eigenvalue weighted by atomic mass is 16.2. The van der Waals surface area contributed by atoms with Gasteiger partial charge in [-0.3, -0.25) is 9.59 Å². The third-order valence-corrected chi connectivity index (χ3v) is 3.36. The topological polar surface area (TPSA) is 83.4 Å². The average Bonchev–Trinajstić information content (AvgIpc) is 2.81. The maximum Gasteiger partial charge on any atom is 0.276 e. The molecular weight excluding hydrogens is 260 g/mol. The molecular formula is C12H20N6O2. The van der Waals surface area contributed by atoms with Gasteiger partial charge in [0.15, 0.2) is 5.69 Å². The standard InChI is InChI=1S/C12H20N6O2/c1-4-17(8-11(19)16(2)3)12(20)10-7-18(15-14-10)9-5-13-6-9/h7,9,13H,4-6,8H2,1-3H3. The van der Waals surface area contributed by atoms with Gasteiger partial charge in [0.25, 0.3) is 5.91 Å². The molecule has 1 aromatic rings. The number of nitrogens with one attached hydrogen (secondary N) is 1. The minimum atomic E-state index is -0.263. The third kappa shape index (κ3) is 2.96. The van der Waals surface area contributed by atoms with Gasteiger partial charge in [0, 0.05) is 33.7 Å². The van der Waals surface area contributed by atoms with Crippen LogP contribution < -0.4 is 5.32 Å². The highest BCUT2D eigenvalue weighted by Crippen LogP contribution is 2.11. The van der Waals surface area contributed by atoms with E-state index in [2.05, 4.69) is 15.6 Å². The Hall–Kier alpha value is -1.96. The Kier molecular flexibility index (Phi) is 4.33. The Morgan fingerprint density at radius 3 is 2.65 bits per heavy atom. The predicted molar refractivity (Wildman–Crippen MR) is 72.2 cm³/mol. The van der Waals surface area contributed by atoms with Crippen molar-refractivity contribution in [3.63, 3.8) is 0 Å². The highest BCUT2D eigenvalue weighted by molar-refractivity contribution is 5.94. The number of amides is 2. The number of carbonyl (C=O) groups excluding carboxylic acids is 2. The Morgan fingerprint density at radius 2 is 2.15 bits per heavy atom. The second-order valence-corrected chi connectivity index (χ2v) is 5.00. The van der Waals surface area contributed by atoms with Crippen LogP contribution in [-0.2, 0) is 4.79 Å². The van der Waals surface area contributed by atoms with Crippen LogP contribution in [0, 0.1) is 0 Å². The van der Waals surface area contributed by atoms with Crippen LogP contribution in [0.4, 0.5) is 0 Å². The van der Waals surface area contributed by atoms with Crippen molar-refractivity contribution in [1.29, 1.82) is 0 Å². The number of nitrogens with zero attached hydrogens (tertiary/aromatic N) is 5. The summed E-state index contributed by atoms with van der Waals surface area (Å²) in [5.74, 6) is -0.378. The summed E-state index contributed by atoms with van der Waals surface area (Å²) in [6.07, 6.45) is 1.65. The molecule has 2 heterocycles. The zero-order valence-electron chi connectivity index (χ0n) is 12.0. The summed E-state index contributed by atoms with van der Waals surface area (Å²) in [5, 5.41) is 11.0. The summed E-state index contributed by atoms with van der Waals surface area (Å²) in [7, 11) is 3.33. The van der Waals surface area contributed by atoms with Crippen LogP contribution in [-0.4, -0.2) is 76.9 Å². The molecule has 8 nitrogen and oxygen atoms in total. The second-order valence-electron chi connectivity index (χ2n) is 5.00. The van der Waals surface area contributed by atoms with Crippen molar-refractivity contribution in [1.82, 2.24) is 30.1 Å². The molecule has 0 spiro atoms. The zero-order chi connectivity index (χ0) is 14.7. The van der Waals surface area contributed by atoms with Gasteiger partial charge in [0.2, 0.25) is 5.91 Å². The third-order valence-electron chi connectivity index (χ3n) is 3.36. The summed E-state index contributed by atoms with van der Waals surface area (Å²) >= 11 is 0. The van der Waals surface area contributed by atoms with Gasteiger partial charge in [-0.2, -0.15) is 0 Å². The molecule has 1 aliphatic rings. The molecule has 0 radical (unpaired) electrons. The van der Waals surface area contributed by atoms with Crippen molar-refractivity contribution in [3.05, 3.63) is 11.9 Å². The van der Waals surface area contributed by atoms with Gasteiger partial charge in [-0.05, 0) is 6.92 Å². The summed E-state index contributed by atoms with van der Waals surface area (Å²) in [5.41, 5.74) is 0.283. The van der Waals surface area contributed by atoms with E-state index in [4.69, 9.17) is 0 Å². The monoisotopic (exact) mass is 280 g/mol. The Bertz CT molecular complexity index is 494. The molecule has 1 N–H and O–H groups in total. The lowest BCUT2D eigenvalue weighted by molar-refractivity contribution is -0.129. The fraction of sp³-hybridized carbons (Fsp3) is 0.667. The van der Waals surface area contributed by atoms with E-state index < -0.39 is 0 Å². The van der Waals surface area contributed by atoms with E-state index in [1.54, 1.807) is 25.0 Å². The Labute approximate surface area is 117 Å². The van der Waals surface area contributed by atoms with Crippen LogP contribution in [0.1, 0.15) is 23.5 Å². The molecule has 20 heavy (non-hydrogen) atoms. The number of hydrogen-bond acceptors (Lipinski definition) is 5. The molecule has 0 atom stereocenters. The fourth-order valence-corrected chi connectivity index (χ4v) is 1.81. The van der Waals surface area contributed by atoms with E-state index in [0.29, 0.717) is 6.54 Å². The van der Waals surface area contributed by atoms with Gasteiger partial charge in [-0.15, -0.1) is 5.10 Å². The molecule has 1 saturated heterocycles. The van der Waals surface area contributed by atoms with E-state index in [1.165, 1.54) is 9.80 Å². The lowest BCUT2D eigenvalue weighted by atomic mass is 10.2. The van der Waals surface area contributed by atoms with Gasteiger partial charge >= 0.3 is 0 Å². The Balaban J connectivity index is 2.03. The first-order valence-corrected chi connectivity index (χ1v) is 6.65. The number of carbonyl (C=O) groups is 2. The maximum absolute atomic E-state index is 12.3. The minimum Gasteiger partial charge on any atom is -0.347 e. The molecule has 2 rings (SSSR count). The summed E-state index contributed by atoms with van der Waals surface area (Å²) in [4.78, 5) is 26.9. The minimum absolute atomic E-state index is 0.0557. The van der Waals surface area contributed by atoms with Gasteiger partial charge in [0.1, 0.15) is 6.54 Å². The average molecular weight is 280 g/mol. The lowest BCUT2D eigenvalue weighted by Crippen LogP contribution is -2.43. The quantitative estimate of drug-likeness (QED) is 0.746.